The van der Waals surface area contributed by atoms with Crippen LogP contribution in [0, 0.1) is 11.8 Å². The van der Waals surface area contributed by atoms with Crippen LogP contribution in [-0.4, -0.2) is 41.2 Å². The normalized spacial score (nSPS) is 28.2. The summed E-state index contributed by atoms with van der Waals surface area (Å²) in [6, 6.07) is 5.75. The maximum absolute atomic E-state index is 13.0. The van der Waals surface area contributed by atoms with Crippen LogP contribution in [0.15, 0.2) is 27.4 Å². The van der Waals surface area contributed by atoms with Crippen molar-refractivity contribution >= 4 is 16.9 Å². The molecule has 2 aromatic rings. The van der Waals surface area contributed by atoms with Crippen molar-refractivity contribution in [2.24, 2.45) is 11.8 Å². The molecule has 1 aromatic heterocycles. The first-order valence-corrected chi connectivity index (χ1v) is 11.6. The molecule has 5 rings (SSSR count). The van der Waals surface area contributed by atoms with Gasteiger partial charge in [-0.05, 0) is 87.8 Å². The molecule has 6 heteroatoms. The molecule has 1 amide bonds. The lowest BCUT2D eigenvalue weighted by atomic mass is 9.91. The number of aliphatic hydroxyl groups is 1. The average Bonchev–Trinajstić information content (AvgIpc) is 3.30. The van der Waals surface area contributed by atoms with Gasteiger partial charge < -0.3 is 19.2 Å². The van der Waals surface area contributed by atoms with Gasteiger partial charge in [0, 0.05) is 30.1 Å². The minimum Gasteiger partial charge on any atom is -0.481 e. The van der Waals surface area contributed by atoms with Gasteiger partial charge in [-0.1, -0.05) is 0 Å². The third kappa shape index (κ3) is 3.75. The standard InChI is InChI=1S/C25H31NO5/c1-14(24(28)26(2)17-9-15-11-18(27)12-16(15)10-17)30-19-7-8-21-20-5-3-4-6-22(20)25(29)31-23(21)13-19/h7-8,13-18,27H,3-6,9-12H2,1-2H3/t14?,15-,16+,17?,18?. The Morgan fingerprint density at radius 3 is 2.52 bits per heavy atom. The van der Waals surface area contributed by atoms with Gasteiger partial charge in [0.1, 0.15) is 11.3 Å². The van der Waals surface area contributed by atoms with Crippen molar-refractivity contribution in [1.82, 2.24) is 4.90 Å². The highest BCUT2D eigenvalue weighted by atomic mass is 16.5. The summed E-state index contributed by atoms with van der Waals surface area (Å²) in [6.45, 7) is 1.77. The van der Waals surface area contributed by atoms with Crippen molar-refractivity contribution < 1.29 is 19.1 Å². The number of carbonyl (C=O) groups is 1. The molecule has 6 nitrogen and oxygen atoms in total. The predicted molar refractivity (Wildman–Crippen MR) is 117 cm³/mol. The first-order chi connectivity index (χ1) is 14.9. The molecule has 2 saturated carbocycles. The molecular formula is C25H31NO5. The molecular weight excluding hydrogens is 394 g/mol. The summed E-state index contributed by atoms with van der Waals surface area (Å²) in [5.74, 6) is 1.55. The number of ether oxygens (including phenoxy) is 1. The summed E-state index contributed by atoms with van der Waals surface area (Å²) in [6.07, 6.45) is 6.65. The lowest BCUT2D eigenvalue weighted by Gasteiger charge is -2.28. The van der Waals surface area contributed by atoms with Crippen molar-refractivity contribution in [1.29, 1.82) is 0 Å². The number of hydrogen-bond donors (Lipinski definition) is 1. The van der Waals surface area contributed by atoms with E-state index in [-0.39, 0.29) is 23.7 Å². The number of hydrogen-bond acceptors (Lipinski definition) is 5. The first kappa shape index (κ1) is 20.6. The second-order valence-electron chi connectivity index (χ2n) is 9.69. The fourth-order valence-corrected chi connectivity index (χ4v) is 6.09. The van der Waals surface area contributed by atoms with Crippen molar-refractivity contribution in [3.63, 3.8) is 0 Å². The summed E-state index contributed by atoms with van der Waals surface area (Å²) in [5.41, 5.74) is 2.19. The summed E-state index contributed by atoms with van der Waals surface area (Å²) in [5, 5.41) is 10.8. The Bertz CT molecular complexity index is 1050. The third-order valence-corrected chi connectivity index (χ3v) is 7.72. The zero-order chi connectivity index (χ0) is 21.7. The van der Waals surface area contributed by atoms with Crippen LogP contribution < -0.4 is 10.4 Å². The number of rotatable bonds is 4. The highest BCUT2D eigenvalue weighted by Gasteiger charge is 2.43. The Hall–Kier alpha value is -2.34. The molecule has 1 N–H and O–H groups in total. The molecule has 3 aliphatic carbocycles. The Labute approximate surface area is 182 Å². The lowest BCUT2D eigenvalue weighted by Crippen LogP contribution is -2.43. The zero-order valence-electron chi connectivity index (χ0n) is 18.3. The van der Waals surface area contributed by atoms with E-state index in [1.54, 1.807) is 13.0 Å². The van der Waals surface area contributed by atoms with Crippen LogP contribution in [0.5, 0.6) is 5.75 Å². The minimum absolute atomic E-state index is 0.0440. The van der Waals surface area contributed by atoms with E-state index in [1.165, 1.54) is 0 Å². The smallest absolute Gasteiger partial charge is 0.339 e. The summed E-state index contributed by atoms with van der Waals surface area (Å²) in [4.78, 5) is 27.2. The van der Waals surface area contributed by atoms with Crippen molar-refractivity contribution in [2.75, 3.05) is 7.05 Å². The topological polar surface area (TPSA) is 80.0 Å². The van der Waals surface area contributed by atoms with E-state index in [9.17, 15) is 14.7 Å². The van der Waals surface area contributed by atoms with Crippen LogP contribution in [0.1, 0.15) is 56.6 Å². The van der Waals surface area contributed by atoms with Gasteiger partial charge in [-0.15, -0.1) is 0 Å². The van der Waals surface area contributed by atoms with Crippen LogP contribution in [0.25, 0.3) is 11.0 Å². The number of aryl methyl sites for hydroxylation is 1. The molecule has 0 bridgehead atoms. The van der Waals surface area contributed by atoms with Gasteiger partial charge in [0.25, 0.3) is 5.91 Å². The molecule has 1 aromatic carbocycles. The minimum atomic E-state index is -0.627. The summed E-state index contributed by atoms with van der Waals surface area (Å²) < 4.78 is 11.5. The molecule has 2 fully saturated rings. The van der Waals surface area contributed by atoms with Gasteiger partial charge in [0.15, 0.2) is 6.10 Å². The number of fused-ring (bicyclic) bond motifs is 4. The SMILES string of the molecule is CC(Oc1ccc2c3c(c(=O)oc2c1)CCCC3)C(=O)N(C)C1C[C@H]2CC(O)C[C@H]2C1. The molecule has 3 unspecified atom stereocenters. The quantitative estimate of drug-likeness (QED) is 0.759. The third-order valence-electron chi connectivity index (χ3n) is 7.72. The van der Waals surface area contributed by atoms with E-state index in [0.717, 1.165) is 67.9 Å². The van der Waals surface area contributed by atoms with Crippen molar-refractivity contribution in [2.45, 2.75) is 76.5 Å². The van der Waals surface area contributed by atoms with Gasteiger partial charge in [-0.25, -0.2) is 4.79 Å². The van der Waals surface area contributed by atoms with E-state index in [4.69, 9.17) is 9.15 Å². The fraction of sp³-hybridized carbons (Fsp3) is 0.600. The second kappa shape index (κ2) is 7.97. The van der Waals surface area contributed by atoms with E-state index < -0.39 is 6.10 Å². The molecule has 31 heavy (non-hydrogen) atoms. The molecule has 1 heterocycles. The molecule has 0 saturated heterocycles. The van der Waals surface area contributed by atoms with E-state index >= 15 is 0 Å². The maximum Gasteiger partial charge on any atom is 0.339 e. The van der Waals surface area contributed by atoms with E-state index in [1.807, 2.05) is 24.1 Å². The van der Waals surface area contributed by atoms with Gasteiger partial charge in [0.2, 0.25) is 0 Å². The number of amides is 1. The Morgan fingerprint density at radius 2 is 1.81 bits per heavy atom. The maximum atomic E-state index is 13.0. The fourth-order valence-electron chi connectivity index (χ4n) is 6.09. The van der Waals surface area contributed by atoms with Crippen LogP contribution in [-0.2, 0) is 17.6 Å². The monoisotopic (exact) mass is 425 g/mol. The molecule has 166 valence electrons. The van der Waals surface area contributed by atoms with Crippen molar-refractivity contribution in [3.05, 3.63) is 39.7 Å². The number of likely N-dealkylation sites (N-methyl/N-ethyl adjacent to an activating group) is 1. The molecule has 0 aliphatic heterocycles. The van der Waals surface area contributed by atoms with Gasteiger partial charge in [0.05, 0.1) is 6.10 Å². The zero-order valence-corrected chi connectivity index (χ0v) is 18.3. The number of aliphatic hydroxyl groups excluding tert-OH is 1. The van der Waals surface area contributed by atoms with E-state index in [2.05, 4.69) is 0 Å². The Balaban J connectivity index is 1.29. The van der Waals surface area contributed by atoms with Gasteiger partial charge in [-0.2, -0.15) is 0 Å². The number of carbonyl (C=O) groups excluding carboxylic acids is 1. The molecule has 0 spiro atoms. The van der Waals surface area contributed by atoms with E-state index in [0.29, 0.717) is 23.2 Å². The highest BCUT2D eigenvalue weighted by Crippen LogP contribution is 2.45. The number of nitrogens with zero attached hydrogens (tertiary/aromatic N) is 1. The van der Waals surface area contributed by atoms with Crippen LogP contribution in [0.4, 0.5) is 0 Å². The van der Waals surface area contributed by atoms with Crippen LogP contribution >= 0.6 is 0 Å². The van der Waals surface area contributed by atoms with Crippen LogP contribution in [0.3, 0.4) is 0 Å². The molecule has 0 radical (unpaired) electrons. The number of benzene rings is 1. The molecule has 5 atom stereocenters. The predicted octanol–water partition coefficient (Wildman–Crippen LogP) is 3.45. The van der Waals surface area contributed by atoms with Crippen LogP contribution in [0.2, 0.25) is 0 Å². The van der Waals surface area contributed by atoms with Gasteiger partial charge in [-0.3, -0.25) is 4.79 Å². The lowest BCUT2D eigenvalue weighted by molar-refractivity contribution is -0.138. The molecule has 3 aliphatic rings. The Morgan fingerprint density at radius 1 is 1.13 bits per heavy atom. The Kier molecular flexibility index (Phi) is 5.29. The summed E-state index contributed by atoms with van der Waals surface area (Å²) in [7, 11) is 1.86. The van der Waals surface area contributed by atoms with Gasteiger partial charge >= 0.3 is 5.63 Å². The van der Waals surface area contributed by atoms with Crippen molar-refractivity contribution in [3.8, 4) is 5.75 Å². The highest BCUT2D eigenvalue weighted by molar-refractivity contribution is 5.84. The second-order valence-corrected chi connectivity index (χ2v) is 9.69. The summed E-state index contributed by atoms with van der Waals surface area (Å²) >= 11 is 0. The largest absolute Gasteiger partial charge is 0.481 e. The average molecular weight is 426 g/mol. The first-order valence-electron chi connectivity index (χ1n) is 11.6.